The van der Waals surface area contributed by atoms with Crippen molar-refractivity contribution in [3.63, 3.8) is 0 Å². The summed E-state index contributed by atoms with van der Waals surface area (Å²) in [5.74, 6) is 1.98. The highest BCUT2D eigenvalue weighted by Crippen LogP contribution is 2.29. The van der Waals surface area contributed by atoms with E-state index in [4.69, 9.17) is 15.5 Å². The summed E-state index contributed by atoms with van der Waals surface area (Å²) >= 11 is 0. The highest BCUT2D eigenvalue weighted by atomic mass is 15.3. The van der Waals surface area contributed by atoms with E-state index in [9.17, 15) is 0 Å². The molecule has 0 unspecified atom stereocenters. The van der Waals surface area contributed by atoms with Gasteiger partial charge < -0.3 is 4.90 Å². The first-order valence-electron chi connectivity index (χ1n) is 7.95. The largest absolute Gasteiger partial charge is 0.306 e. The number of aliphatic imine (C=N–C) groups is 1. The first-order chi connectivity index (χ1) is 12.8. The molecular formula is C20H12N6. The molecule has 1 aliphatic rings. The van der Waals surface area contributed by atoms with Gasteiger partial charge in [-0.05, 0) is 29.8 Å². The van der Waals surface area contributed by atoms with E-state index in [0.717, 1.165) is 17.0 Å². The Bertz CT molecular complexity index is 1070. The fourth-order valence-corrected chi connectivity index (χ4v) is 2.82. The molecule has 0 N–H and O–H groups in total. The predicted octanol–water partition coefficient (Wildman–Crippen LogP) is 3.32. The maximum Gasteiger partial charge on any atom is 0.154 e. The first-order valence-corrected chi connectivity index (χ1v) is 7.95. The van der Waals surface area contributed by atoms with E-state index < -0.39 is 0 Å². The molecule has 2 aromatic heterocycles. The van der Waals surface area contributed by atoms with Gasteiger partial charge in [-0.15, -0.1) is 0 Å². The molecule has 1 aliphatic heterocycles. The van der Waals surface area contributed by atoms with E-state index in [2.05, 4.69) is 28.2 Å². The maximum atomic E-state index is 8.97. The summed E-state index contributed by atoms with van der Waals surface area (Å²) < 4.78 is 0. The van der Waals surface area contributed by atoms with Gasteiger partial charge in [-0.25, -0.2) is 15.0 Å². The van der Waals surface area contributed by atoms with Crippen LogP contribution < -0.4 is 4.90 Å². The number of nitrogens with zero attached hydrogens (tertiary/aromatic N) is 6. The number of nitriles is 2. The van der Waals surface area contributed by atoms with Crippen molar-refractivity contribution in [2.45, 2.75) is 6.54 Å². The lowest BCUT2D eigenvalue weighted by Gasteiger charge is -2.18. The summed E-state index contributed by atoms with van der Waals surface area (Å²) in [5, 5.41) is 17.9. The second kappa shape index (κ2) is 6.46. The van der Waals surface area contributed by atoms with Crippen LogP contribution in [0.1, 0.15) is 22.3 Å². The van der Waals surface area contributed by atoms with Gasteiger partial charge in [-0.3, -0.25) is 0 Å². The van der Waals surface area contributed by atoms with Gasteiger partial charge in [0.25, 0.3) is 0 Å². The molecule has 6 nitrogen and oxygen atoms in total. The molecule has 3 heterocycles. The average Bonchev–Trinajstić information content (AvgIpc) is 3.07. The Labute approximate surface area is 150 Å². The third kappa shape index (κ3) is 2.77. The van der Waals surface area contributed by atoms with E-state index in [1.54, 1.807) is 24.4 Å². The molecule has 4 rings (SSSR count). The van der Waals surface area contributed by atoms with Crippen molar-refractivity contribution in [2.75, 3.05) is 4.90 Å². The Morgan fingerprint density at radius 3 is 2.27 bits per heavy atom. The predicted molar refractivity (Wildman–Crippen MR) is 96.7 cm³/mol. The minimum Gasteiger partial charge on any atom is -0.306 e. The monoisotopic (exact) mass is 336 g/mol. The molecule has 0 aliphatic carbocycles. The van der Waals surface area contributed by atoms with Gasteiger partial charge in [0, 0.05) is 18.0 Å². The van der Waals surface area contributed by atoms with Gasteiger partial charge in [0.1, 0.15) is 23.8 Å². The molecule has 122 valence electrons. The molecule has 1 aromatic carbocycles. The zero-order chi connectivity index (χ0) is 17.9. The standard InChI is InChI=1S/C20H12N6/c21-9-14-5-7-18(23-11-14)25-20-17-4-2-1-3-16(17)13-26(20)19-8-6-15(10-22)12-24-19/h1-8,11-12H,13H2. The van der Waals surface area contributed by atoms with Crippen molar-refractivity contribution in [2.24, 2.45) is 4.99 Å². The van der Waals surface area contributed by atoms with Crippen LogP contribution in [-0.2, 0) is 6.54 Å². The Balaban J connectivity index is 1.79. The van der Waals surface area contributed by atoms with Crippen LogP contribution in [0.25, 0.3) is 0 Å². The number of anilines is 1. The molecule has 0 amide bonds. The number of amidine groups is 1. The fraction of sp³-hybridized carbons (Fsp3) is 0.0500. The lowest BCUT2D eigenvalue weighted by molar-refractivity contribution is 1.01. The van der Waals surface area contributed by atoms with Crippen molar-refractivity contribution in [3.05, 3.63) is 83.2 Å². The number of aromatic nitrogens is 2. The SMILES string of the molecule is N#Cc1ccc(N=C2c3ccccc3CN2c2ccc(C#N)cn2)nc1. The molecule has 0 spiro atoms. The minimum atomic E-state index is 0.492. The molecule has 0 saturated carbocycles. The Morgan fingerprint density at radius 1 is 0.885 bits per heavy atom. The first kappa shape index (κ1) is 15.5. The smallest absolute Gasteiger partial charge is 0.154 e. The van der Waals surface area contributed by atoms with Gasteiger partial charge in [0.15, 0.2) is 5.82 Å². The molecule has 0 atom stereocenters. The molecule has 0 radical (unpaired) electrons. The molecule has 26 heavy (non-hydrogen) atoms. The van der Waals surface area contributed by atoms with Gasteiger partial charge in [-0.2, -0.15) is 10.5 Å². The number of hydrogen-bond donors (Lipinski definition) is 0. The number of hydrogen-bond acceptors (Lipinski definition) is 5. The third-order valence-electron chi connectivity index (χ3n) is 4.09. The molecule has 6 heteroatoms. The van der Waals surface area contributed by atoms with Crippen molar-refractivity contribution in [1.29, 1.82) is 10.5 Å². The quantitative estimate of drug-likeness (QED) is 0.716. The summed E-state index contributed by atoms with van der Waals surface area (Å²) in [5.41, 5.74) is 3.17. The highest BCUT2D eigenvalue weighted by molar-refractivity contribution is 6.14. The van der Waals surface area contributed by atoms with E-state index in [-0.39, 0.29) is 0 Å². The van der Waals surface area contributed by atoms with Crippen molar-refractivity contribution >= 4 is 17.5 Å². The van der Waals surface area contributed by atoms with Crippen LogP contribution in [0.4, 0.5) is 11.6 Å². The van der Waals surface area contributed by atoms with E-state index in [1.165, 1.54) is 6.20 Å². The number of benzene rings is 1. The zero-order valence-corrected chi connectivity index (χ0v) is 13.7. The van der Waals surface area contributed by atoms with Crippen molar-refractivity contribution < 1.29 is 0 Å². The second-order valence-corrected chi connectivity index (χ2v) is 5.71. The Morgan fingerprint density at radius 2 is 1.62 bits per heavy atom. The summed E-state index contributed by atoms with van der Waals surface area (Å²) in [6.45, 7) is 0.643. The number of pyridine rings is 2. The van der Waals surface area contributed by atoms with E-state index in [1.807, 2.05) is 29.2 Å². The average molecular weight is 336 g/mol. The fourth-order valence-electron chi connectivity index (χ4n) is 2.82. The molecule has 0 saturated heterocycles. The van der Waals surface area contributed by atoms with Gasteiger partial charge in [-0.1, -0.05) is 24.3 Å². The summed E-state index contributed by atoms with van der Waals surface area (Å²) in [7, 11) is 0. The molecule has 3 aromatic rings. The highest BCUT2D eigenvalue weighted by Gasteiger charge is 2.27. The summed E-state index contributed by atoms with van der Waals surface area (Å²) in [6.07, 6.45) is 3.06. The van der Waals surface area contributed by atoms with Crippen molar-refractivity contribution in [1.82, 2.24) is 9.97 Å². The van der Waals surface area contributed by atoms with Crippen LogP contribution in [0.2, 0.25) is 0 Å². The Kier molecular flexibility index (Phi) is 3.85. The van der Waals surface area contributed by atoms with Crippen LogP contribution >= 0.6 is 0 Å². The van der Waals surface area contributed by atoms with Crippen LogP contribution in [0, 0.1) is 22.7 Å². The van der Waals surface area contributed by atoms with Gasteiger partial charge in [0.05, 0.1) is 17.7 Å². The summed E-state index contributed by atoms with van der Waals surface area (Å²) in [6, 6.07) is 19.1. The van der Waals surface area contributed by atoms with E-state index >= 15 is 0 Å². The molecule has 0 bridgehead atoms. The summed E-state index contributed by atoms with van der Waals surface area (Å²) in [4.78, 5) is 15.3. The third-order valence-corrected chi connectivity index (χ3v) is 4.09. The second-order valence-electron chi connectivity index (χ2n) is 5.71. The number of fused-ring (bicyclic) bond motifs is 1. The molecular weight excluding hydrogens is 324 g/mol. The van der Waals surface area contributed by atoms with Crippen molar-refractivity contribution in [3.8, 4) is 12.1 Å². The zero-order valence-electron chi connectivity index (χ0n) is 13.7. The van der Waals surface area contributed by atoms with Gasteiger partial charge in [0.2, 0.25) is 0 Å². The van der Waals surface area contributed by atoms with Crippen LogP contribution in [0.5, 0.6) is 0 Å². The Hall–Kier alpha value is -4.03. The molecule has 0 fully saturated rings. The number of rotatable bonds is 2. The normalized spacial score (nSPS) is 13.9. The van der Waals surface area contributed by atoms with Crippen LogP contribution in [0.15, 0.2) is 65.9 Å². The van der Waals surface area contributed by atoms with Crippen LogP contribution in [-0.4, -0.2) is 15.8 Å². The lowest BCUT2D eigenvalue weighted by Crippen LogP contribution is -2.25. The van der Waals surface area contributed by atoms with E-state index in [0.29, 0.717) is 29.3 Å². The lowest BCUT2D eigenvalue weighted by atomic mass is 10.1. The maximum absolute atomic E-state index is 8.97. The van der Waals surface area contributed by atoms with Crippen LogP contribution in [0.3, 0.4) is 0 Å². The minimum absolute atomic E-state index is 0.492. The van der Waals surface area contributed by atoms with Gasteiger partial charge >= 0.3 is 0 Å². The topological polar surface area (TPSA) is 89.0 Å².